The Kier molecular flexibility index (Phi) is 9.39. The van der Waals surface area contributed by atoms with Crippen LogP contribution in [0.4, 0.5) is 0 Å². The fourth-order valence-corrected chi connectivity index (χ4v) is 1.27. The van der Waals surface area contributed by atoms with Crippen LogP contribution in [0.5, 0.6) is 0 Å². The van der Waals surface area contributed by atoms with Crippen LogP contribution in [0.3, 0.4) is 0 Å². The Bertz CT molecular complexity index is 223. The van der Waals surface area contributed by atoms with Gasteiger partial charge in [0.1, 0.15) is 0 Å². The van der Waals surface area contributed by atoms with Crippen molar-refractivity contribution in [2.24, 2.45) is 0 Å². The van der Waals surface area contributed by atoms with Gasteiger partial charge in [0.25, 0.3) is 0 Å². The van der Waals surface area contributed by atoms with E-state index in [0.29, 0.717) is 12.8 Å². The first-order valence-corrected chi connectivity index (χ1v) is 6.41. The molecule has 100 valence electrons. The van der Waals surface area contributed by atoms with Gasteiger partial charge in [-0.05, 0) is 12.8 Å². The van der Waals surface area contributed by atoms with Gasteiger partial charge in [-0.1, -0.05) is 13.8 Å². The fourth-order valence-electron chi connectivity index (χ4n) is 0.781. The summed E-state index contributed by atoms with van der Waals surface area (Å²) in [5, 5.41) is 0. The molecule has 17 heavy (non-hydrogen) atoms. The molecule has 0 aliphatic carbocycles. The van der Waals surface area contributed by atoms with Gasteiger partial charge in [-0.3, -0.25) is 0 Å². The van der Waals surface area contributed by atoms with Gasteiger partial charge in [0, 0.05) is 0 Å². The van der Waals surface area contributed by atoms with Crippen LogP contribution >= 0.6 is 25.3 Å². The molecule has 7 heteroatoms. The SMILES string of the molecule is CCCOC(=O)C(S)OC(S)C(=O)OCCC. The Hall–Kier alpha value is -0.400. The van der Waals surface area contributed by atoms with Crippen LogP contribution < -0.4 is 0 Å². The normalized spacial score (nSPS) is 13.9. The average molecular weight is 282 g/mol. The van der Waals surface area contributed by atoms with Gasteiger partial charge in [-0.25, -0.2) is 9.59 Å². The van der Waals surface area contributed by atoms with Gasteiger partial charge in [0.15, 0.2) is 10.9 Å². The predicted octanol–water partition coefficient (Wildman–Crippen LogP) is 1.42. The monoisotopic (exact) mass is 282 g/mol. The van der Waals surface area contributed by atoms with Crippen LogP contribution in [-0.2, 0) is 23.8 Å². The topological polar surface area (TPSA) is 61.8 Å². The maximum absolute atomic E-state index is 11.3. The molecule has 5 nitrogen and oxygen atoms in total. The van der Waals surface area contributed by atoms with Crippen LogP contribution in [0.1, 0.15) is 26.7 Å². The average Bonchev–Trinajstić information content (AvgIpc) is 2.32. The van der Waals surface area contributed by atoms with Crippen LogP contribution in [0.15, 0.2) is 0 Å². The third-order valence-corrected chi connectivity index (χ3v) is 2.22. The van der Waals surface area contributed by atoms with Crippen LogP contribution in [0.2, 0.25) is 0 Å². The van der Waals surface area contributed by atoms with Gasteiger partial charge >= 0.3 is 11.9 Å². The second kappa shape index (κ2) is 9.61. The molecular weight excluding hydrogens is 264 g/mol. The Balaban J connectivity index is 3.96. The summed E-state index contributed by atoms with van der Waals surface area (Å²) in [6.07, 6.45) is 1.41. The smallest absolute Gasteiger partial charge is 0.345 e. The van der Waals surface area contributed by atoms with E-state index in [-0.39, 0.29) is 13.2 Å². The van der Waals surface area contributed by atoms with Crippen LogP contribution in [-0.4, -0.2) is 36.0 Å². The molecule has 0 radical (unpaired) electrons. The number of rotatable bonds is 8. The lowest BCUT2D eigenvalue weighted by atomic mass is 10.5. The van der Waals surface area contributed by atoms with Crippen molar-refractivity contribution in [1.82, 2.24) is 0 Å². The van der Waals surface area contributed by atoms with Crippen molar-refractivity contribution in [1.29, 1.82) is 0 Å². The molecule has 0 saturated heterocycles. The van der Waals surface area contributed by atoms with Crippen LogP contribution in [0, 0.1) is 0 Å². The number of thiol groups is 2. The van der Waals surface area contributed by atoms with E-state index in [1.165, 1.54) is 0 Å². The first-order chi connectivity index (χ1) is 8.02. The number of hydrogen-bond donors (Lipinski definition) is 2. The van der Waals surface area contributed by atoms with Crippen molar-refractivity contribution in [2.45, 2.75) is 37.6 Å². The van der Waals surface area contributed by atoms with E-state index < -0.39 is 22.8 Å². The van der Waals surface area contributed by atoms with E-state index in [4.69, 9.17) is 14.2 Å². The Labute approximate surface area is 112 Å². The van der Waals surface area contributed by atoms with Crippen molar-refractivity contribution in [3.05, 3.63) is 0 Å². The molecule has 0 heterocycles. The zero-order valence-corrected chi connectivity index (χ0v) is 11.7. The summed E-state index contributed by atoms with van der Waals surface area (Å²) in [5.74, 6) is -1.28. The minimum Gasteiger partial charge on any atom is -0.463 e. The number of carbonyl (C=O) groups excluding carboxylic acids is 2. The largest absolute Gasteiger partial charge is 0.463 e. The lowest BCUT2D eigenvalue weighted by molar-refractivity contribution is -0.159. The van der Waals surface area contributed by atoms with Gasteiger partial charge in [-0.15, -0.1) is 25.3 Å². The third-order valence-electron chi connectivity index (χ3n) is 1.56. The summed E-state index contributed by atoms with van der Waals surface area (Å²) in [6, 6.07) is 0. The lowest BCUT2D eigenvalue weighted by Crippen LogP contribution is -2.30. The lowest BCUT2D eigenvalue weighted by Gasteiger charge is -2.15. The summed E-state index contributed by atoms with van der Waals surface area (Å²) in [4.78, 5) is 22.5. The van der Waals surface area contributed by atoms with Gasteiger partial charge in [0.05, 0.1) is 13.2 Å². The third kappa shape index (κ3) is 7.51. The van der Waals surface area contributed by atoms with Gasteiger partial charge in [-0.2, -0.15) is 0 Å². The van der Waals surface area contributed by atoms with Gasteiger partial charge in [0.2, 0.25) is 0 Å². The standard InChI is InChI=1S/C10H18O5S2/c1-3-5-13-7(11)9(16)15-10(17)8(12)14-6-4-2/h9-10,16-17H,3-6H2,1-2H3. The molecule has 2 atom stereocenters. The zero-order chi connectivity index (χ0) is 13.3. The van der Waals surface area contributed by atoms with E-state index in [2.05, 4.69) is 25.3 Å². The zero-order valence-electron chi connectivity index (χ0n) is 9.92. The highest BCUT2D eigenvalue weighted by atomic mass is 32.1. The van der Waals surface area contributed by atoms with E-state index >= 15 is 0 Å². The summed E-state index contributed by atoms with van der Waals surface area (Å²) in [5.41, 5.74) is -2.28. The molecule has 0 fully saturated rings. The number of ether oxygens (including phenoxy) is 3. The predicted molar refractivity (Wildman–Crippen MR) is 69.1 cm³/mol. The van der Waals surface area contributed by atoms with E-state index in [9.17, 15) is 9.59 Å². The number of esters is 2. The molecule has 0 aromatic rings. The van der Waals surface area contributed by atoms with Crippen molar-refractivity contribution in [2.75, 3.05) is 13.2 Å². The highest BCUT2D eigenvalue weighted by Gasteiger charge is 2.24. The summed E-state index contributed by atoms with van der Waals surface area (Å²) >= 11 is 7.74. The number of carbonyl (C=O) groups is 2. The quantitative estimate of drug-likeness (QED) is 0.400. The number of hydrogen-bond acceptors (Lipinski definition) is 7. The first-order valence-electron chi connectivity index (χ1n) is 5.37. The Morgan fingerprint density at radius 1 is 0.941 bits per heavy atom. The van der Waals surface area contributed by atoms with Crippen molar-refractivity contribution < 1.29 is 23.8 Å². The molecule has 0 rings (SSSR count). The Morgan fingerprint density at radius 3 is 1.59 bits per heavy atom. The van der Waals surface area contributed by atoms with Crippen molar-refractivity contribution >= 4 is 37.2 Å². The van der Waals surface area contributed by atoms with E-state index in [1.807, 2.05) is 13.8 Å². The molecule has 0 aliphatic heterocycles. The fraction of sp³-hybridized carbons (Fsp3) is 0.800. The minimum absolute atomic E-state index is 0.288. The molecule has 0 N–H and O–H groups in total. The van der Waals surface area contributed by atoms with E-state index in [0.717, 1.165) is 0 Å². The molecule has 0 bridgehead atoms. The van der Waals surface area contributed by atoms with Gasteiger partial charge < -0.3 is 14.2 Å². The molecule has 0 aliphatic rings. The first kappa shape index (κ1) is 16.6. The molecule has 0 amide bonds. The summed E-state index contributed by atoms with van der Waals surface area (Å²) < 4.78 is 14.5. The van der Waals surface area contributed by atoms with Crippen molar-refractivity contribution in [3.8, 4) is 0 Å². The van der Waals surface area contributed by atoms with E-state index in [1.54, 1.807) is 0 Å². The highest BCUT2D eigenvalue weighted by Crippen LogP contribution is 2.10. The second-order valence-corrected chi connectivity index (χ2v) is 4.11. The maximum Gasteiger partial charge on any atom is 0.345 e. The Morgan fingerprint density at radius 2 is 1.29 bits per heavy atom. The molecule has 0 aromatic heterocycles. The highest BCUT2D eigenvalue weighted by molar-refractivity contribution is 7.82. The molecule has 2 unspecified atom stereocenters. The van der Waals surface area contributed by atoms with Crippen LogP contribution in [0.25, 0.3) is 0 Å². The second-order valence-electron chi connectivity index (χ2n) is 3.18. The molecule has 0 saturated carbocycles. The molecular formula is C10H18O5S2. The summed E-state index contributed by atoms with van der Waals surface area (Å²) in [7, 11) is 0. The maximum atomic E-state index is 11.3. The molecule has 0 aromatic carbocycles. The molecule has 0 spiro atoms. The summed E-state index contributed by atoms with van der Waals surface area (Å²) in [6.45, 7) is 4.31. The minimum atomic E-state index is -1.14. The van der Waals surface area contributed by atoms with Crippen molar-refractivity contribution in [3.63, 3.8) is 0 Å².